The van der Waals surface area contributed by atoms with Crippen LogP contribution in [0.3, 0.4) is 0 Å². The number of rotatable bonds is 3. The number of carbonyl (C=O) groups is 1. The largest absolute Gasteiger partial charge is 0.495 e. The van der Waals surface area contributed by atoms with Gasteiger partial charge in [-0.3, -0.25) is 15.4 Å². The van der Waals surface area contributed by atoms with Gasteiger partial charge in [0.1, 0.15) is 19.2 Å². The Kier molecular flexibility index (Phi) is 4.59. The number of hydrogen-bond donors (Lipinski definition) is 1. The van der Waals surface area contributed by atoms with Crippen LogP contribution in [0, 0.1) is 10.1 Å². The number of anilines is 1. The molecule has 0 saturated heterocycles. The summed E-state index contributed by atoms with van der Waals surface area (Å²) in [5, 5.41) is 13.2. The van der Waals surface area contributed by atoms with Crippen LogP contribution in [0.5, 0.6) is 5.75 Å². The Morgan fingerprint density at radius 2 is 2.00 bits per heavy atom. The van der Waals surface area contributed by atoms with Gasteiger partial charge in [0.25, 0.3) is 5.69 Å². The number of carbonyl (C=O) groups excluding carboxylic acids is 1. The predicted octanol–water partition coefficient (Wildman–Crippen LogP) is 1.74. The van der Waals surface area contributed by atoms with Gasteiger partial charge in [0.15, 0.2) is 0 Å². The van der Waals surface area contributed by atoms with Crippen molar-refractivity contribution < 1.29 is 19.2 Å². The maximum Gasteiger partial charge on any atom is 0.412 e. The fraction of sp³-hybridized carbons (Fsp3) is 0.417. The van der Waals surface area contributed by atoms with Gasteiger partial charge in [0.2, 0.25) is 0 Å². The van der Waals surface area contributed by atoms with E-state index in [1.807, 2.05) is 0 Å². The van der Waals surface area contributed by atoms with Crippen molar-refractivity contribution in [3.63, 3.8) is 0 Å². The van der Waals surface area contributed by atoms with Gasteiger partial charge in [0.05, 0.1) is 17.7 Å². The monoisotopic (exact) mass is 278 g/mol. The topological polar surface area (TPSA) is 90.7 Å². The standard InChI is InChI=1S/C12H15BN2O5/c1-12(2,3)20-11(16)14-8-6-9(15(17)18)7(13)5-10(8)19-4/h5-6H,1-4H3,(H,14,16). The third-order valence-electron chi connectivity index (χ3n) is 2.18. The fourth-order valence-corrected chi connectivity index (χ4v) is 1.42. The van der Waals surface area contributed by atoms with Crippen molar-refractivity contribution in [2.75, 3.05) is 12.4 Å². The maximum atomic E-state index is 11.7. The molecule has 0 unspecified atom stereocenters. The molecule has 0 atom stereocenters. The van der Waals surface area contributed by atoms with Gasteiger partial charge in [-0.25, -0.2) is 4.79 Å². The number of ether oxygens (including phenoxy) is 2. The molecule has 20 heavy (non-hydrogen) atoms. The van der Waals surface area contributed by atoms with E-state index in [4.69, 9.17) is 17.3 Å². The Labute approximate surface area is 117 Å². The number of hydrogen-bond acceptors (Lipinski definition) is 5. The summed E-state index contributed by atoms with van der Waals surface area (Å²) in [5.74, 6) is 0.207. The van der Waals surface area contributed by atoms with Crippen LogP contribution in [0.15, 0.2) is 12.1 Å². The Hall–Kier alpha value is -2.25. The first-order valence-electron chi connectivity index (χ1n) is 5.76. The lowest BCUT2D eigenvalue weighted by Gasteiger charge is -2.20. The molecule has 0 heterocycles. The average Bonchev–Trinajstić information content (AvgIpc) is 2.27. The number of nitrogens with zero attached hydrogens (tertiary/aromatic N) is 1. The molecule has 1 amide bonds. The second kappa shape index (κ2) is 5.81. The highest BCUT2D eigenvalue weighted by Gasteiger charge is 2.20. The van der Waals surface area contributed by atoms with Crippen molar-refractivity contribution in [1.29, 1.82) is 0 Å². The van der Waals surface area contributed by atoms with Gasteiger partial charge in [-0.1, -0.05) is 0 Å². The summed E-state index contributed by atoms with van der Waals surface area (Å²) in [5.41, 5.74) is -0.946. The number of nitro groups is 1. The Morgan fingerprint density at radius 1 is 1.40 bits per heavy atom. The summed E-state index contributed by atoms with van der Waals surface area (Å²) in [6.45, 7) is 5.11. The zero-order valence-corrected chi connectivity index (χ0v) is 11.7. The minimum absolute atomic E-state index is 0.0541. The molecule has 0 saturated carbocycles. The number of benzene rings is 1. The van der Waals surface area contributed by atoms with Crippen molar-refractivity contribution in [2.45, 2.75) is 26.4 Å². The highest BCUT2D eigenvalue weighted by Crippen LogP contribution is 2.27. The van der Waals surface area contributed by atoms with Crippen molar-refractivity contribution in [2.24, 2.45) is 0 Å². The average molecular weight is 278 g/mol. The van der Waals surface area contributed by atoms with Crippen molar-refractivity contribution >= 4 is 30.8 Å². The van der Waals surface area contributed by atoms with Gasteiger partial charge in [-0.05, 0) is 32.3 Å². The van der Waals surface area contributed by atoms with Crippen molar-refractivity contribution in [3.05, 3.63) is 22.2 Å². The van der Waals surface area contributed by atoms with Crippen LogP contribution < -0.4 is 15.5 Å². The van der Waals surface area contributed by atoms with Crippen LogP contribution in [-0.4, -0.2) is 31.6 Å². The molecule has 7 nitrogen and oxygen atoms in total. The molecule has 0 aliphatic carbocycles. The van der Waals surface area contributed by atoms with Crippen LogP contribution in [0.25, 0.3) is 0 Å². The van der Waals surface area contributed by atoms with Gasteiger partial charge in [-0.15, -0.1) is 0 Å². The van der Waals surface area contributed by atoms with Gasteiger partial charge >= 0.3 is 6.09 Å². The minimum atomic E-state index is -0.741. The van der Waals surface area contributed by atoms with E-state index in [0.29, 0.717) is 0 Å². The molecule has 1 N–H and O–H groups in total. The number of nitro benzene ring substituents is 1. The lowest BCUT2D eigenvalue weighted by molar-refractivity contribution is -0.383. The quantitative estimate of drug-likeness (QED) is 0.516. The van der Waals surface area contributed by atoms with E-state index in [0.717, 1.165) is 6.07 Å². The molecular weight excluding hydrogens is 263 g/mol. The maximum absolute atomic E-state index is 11.7. The second-order valence-corrected chi connectivity index (χ2v) is 5.00. The second-order valence-electron chi connectivity index (χ2n) is 5.00. The van der Waals surface area contributed by atoms with Gasteiger partial charge < -0.3 is 9.47 Å². The molecule has 8 heteroatoms. The summed E-state index contributed by atoms with van der Waals surface area (Å²) >= 11 is 0. The highest BCUT2D eigenvalue weighted by atomic mass is 16.6. The first-order chi connectivity index (χ1) is 9.14. The van der Waals surface area contributed by atoms with E-state index in [1.54, 1.807) is 20.8 Å². The van der Waals surface area contributed by atoms with Crippen LogP contribution in [0.1, 0.15) is 20.8 Å². The van der Waals surface area contributed by atoms with E-state index in [-0.39, 0.29) is 22.6 Å². The van der Waals surface area contributed by atoms with Crippen LogP contribution in [-0.2, 0) is 4.74 Å². The zero-order valence-electron chi connectivity index (χ0n) is 11.7. The van der Waals surface area contributed by atoms with Gasteiger partial charge in [0, 0.05) is 6.07 Å². The molecule has 0 fully saturated rings. The van der Waals surface area contributed by atoms with E-state index in [2.05, 4.69) is 5.32 Å². The summed E-state index contributed by atoms with van der Waals surface area (Å²) in [6.07, 6.45) is -0.741. The fourth-order valence-electron chi connectivity index (χ4n) is 1.42. The molecule has 0 bridgehead atoms. The first kappa shape index (κ1) is 15.8. The van der Waals surface area contributed by atoms with Crippen molar-refractivity contribution in [1.82, 2.24) is 0 Å². The molecule has 2 radical (unpaired) electrons. The Morgan fingerprint density at radius 3 is 2.45 bits per heavy atom. The molecule has 0 aromatic heterocycles. The van der Waals surface area contributed by atoms with E-state index < -0.39 is 16.6 Å². The Bertz CT molecular complexity index is 539. The first-order valence-corrected chi connectivity index (χ1v) is 5.76. The summed E-state index contributed by atoms with van der Waals surface area (Å²) in [7, 11) is 6.90. The molecule has 1 aromatic carbocycles. The van der Waals surface area contributed by atoms with Crippen LogP contribution in [0.4, 0.5) is 16.2 Å². The van der Waals surface area contributed by atoms with Crippen LogP contribution >= 0.6 is 0 Å². The zero-order chi connectivity index (χ0) is 15.5. The lowest BCUT2D eigenvalue weighted by atomic mass is 9.93. The number of amides is 1. The molecule has 0 aliphatic rings. The molecule has 0 aliphatic heterocycles. The number of nitrogens with one attached hydrogen (secondary N) is 1. The lowest BCUT2D eigenvalue weighted by Crippen LogP contribution is -2.27. The summed E-state index contributed by atoms with van der Waals surface area (Å²) in [6, 6.07) is 2.39. The highest BCUT2D eigenvalue weighted by molar-refractivity contribution is 6.35. The SMILES string of the molecule is [B]c1cc(OC)c(NC(=O)OC(C)(C)C)cc1[N+](=O)[O-]. The summed E-state index contributed by atoms with van der Waals surface area (Å²) < 4.78 is 10.1. The Balaban J connectivity index is 3.07. The molecule has 0 spiro atoms. The van der Waals surface area contributed by atoms with E-state index in [9.17, 15) is 14.9 Å². The predicted molar refractivity (Wildman–Crippen MR) is 74.9 cm³/mol. The van der Waals surface area contributed by atoms with Gasteiger partial charge in [-0.2, -0.15) is 0 Å². The van der Waals surface area contributed by atoms with Crippen molar-refractivity contribution in [3.8, 4) is 5.75 Å². The smallest absolute Gasteiger partial charge is 0.412 e. The normalized spacial score (nSPS) is 10.8. The molecular formula is C12H15BN2O5. The molecule has 1 aromatic rings. The van der Waals surface area contributed by atoms with E-state index >= 15 is 0 Å². The third-order valence-corrected chi connectivity index (χ3v) is 2.18. The minimum Gasteiger partial charge on any atom is -0.495 e. The number of methoxy groups -OCH3 is 1. The molecule has 1 rings (SSSR count). The molecule has 106 valence electrons. The van der Waals surface area contributed by atoms with Crippen LogP contribution in [0.2, 0.25) is 0 Å². The summed E-state index contributed by atoms with van der Waals surface area (Å²) in [4.78, 5) is 21.9. The van der Waals surface area contributed by atoms with E-state index in [1.165, 1.54) is 13.2 Å². The third kappa shape index (κ3) is 4.15.